The van der Waals surface area contributed by atoms with Gasteiger partial charge in [0.25, 0.3) is 0 Å². The summed E-state index contributed by atoms with van der Waals surface area (Å²) in [5, 5.41) is 11.1. The number of hydrogen-bond acceptors (Lipinski definition) is 4. The van der Waals surface area contributed by atoms with Gasteiger partial charge in [0.05, 0.1) is 18.8 Å². The molecular weight excluding hydrogens is 388 g/mol. The summed E-state index contributed by atoms with van der Waals surface area (Å²) in [5.74, 6) is 3.21. The first kappa shape index (κ1) is 20.9. The number of carbonyl (C=O) groups is 1. The first-order valence-electron chi connectivity index (χ1n) is 12.9. The van der Waals surface area contributed by atoms with E-state index in [0.717, 1.165) is 32.3 Å². The minimum atomic E-state index is -0.519. The van der Waals surface area contributed by atoms with Crippen molar-refractivity contribution in [1.82, 2.24) is 0 Å². The first-order chi connectivity index (χ1) is 14.7. The van der Waals surface area contributed by atoms with Crippen LogP contribution in [0.2, 0.25) is 0 Å². The highest BCUT2D eigenvalue weighted by Gasteiger charge is 2.69. The molecule has 31 heavy (non-hydrogen) atoms. The van der Waals surface area contributed by atoms with Gasteiger partial charge in [-0.2, -0.15) is 0 Å². The minimum absolute atomic E-state index is 0.115. The highest BCUT2D eigenvalue weighted by atomic mass is 16.7. The van der Waals surface area contributed by atoms with Gasteiger partial charge in [-0.25, -0.2) is 0 Å². The molecule has 0 amide bonds. The Morgan fingerprint density at radius 1 is 1.10 bits per heavy atom. The molecule has 0 aromatic heterocycles. The summed E-state index contributed by atoms with van der Waals surface area (Å²) < 4.78 is 13.3. The monoisotopic (exact) mass is 428 g/mol. The van der Waals surface area contributed by atoms with Crippen molar-refractivity contribution in [2.75, 3.05) is 6.61 Å². The topological polar surface area (TPSA) is 55.8 Å². The fourth-order valence-electron chi connectivity index (χ4n) is 9.63. The van der Waals surface area contributed by atoms with Crippen molar-refractivity contribution in [2.24, 2.45) is 46.3 Å². The second-order valence-corrected chi connectivity index (χ2v) is 12.6. The van der Waals surface area contributed by atoms with Gasteiger partial charge in [0.2, 0.25) is 0 Å². The molecule has 2 aliphatic heterocycles. The fourth-order valence-corrected chi connectivity index (χ4v) is 9.63. The predicted molar refractivity (Wildman–Crippen MR) is 118 cm³/mol. The quantitative estimate of drug-likeness (QED) is 0.597. The molecule has 6 aliphatic rings. The van der Waals surface area contributed by atoms with E-state index in [-0.39, 0.29) is 17.0 Å². The van der Waals surface area contributed by atoms with Gasteiger partial charge in [-0.3, -0.25) is 4.79 Å². The summed E-state index contributed by atoms with van der Waals surface area (Å²) in [5.41, 5.74) is 1.31. The second kappa shape index (κ2) is 6.67. The van der Waals surface area contributed by atoms with E-state index in [4.69, 9.17) is 9.47 Å². The molecule has 0 bridgehead atoms. The van der Waals surface area contributed by atoms with Crippen LogP contribution in [0.15, 0.2) is 11.6 Å². The molecule has 172 valence electrons. The van der Waals surface area contributed by atoms with E-state index in [9.17, 15) is 9.90 Å². The number of ether oxygens (including phenoxy) is 2. The van der Waals surface area contributed by atoms with E-state index in [2.05, 4.69) is 27.7 Å². The van der Waals surface area contributed by atoms with Gasteiger partial charge in [-0.15, -0.1) is 0 Å². The average molecular weight is 429 g/mol. The lowest BCUT2D eigenvalue weighted by Crippen LogP contribution is -2.56. The molecule has 4 heteroatoms. The molecule has 2 saturated heterocycles. The zero-order valence-electron chi connectivity index (χ0n) is 19.7. The van der Waals surface area contributed by atoms with Crippen LogP contribution in [-0.2, 0) is 14.3 Å². The van der Waals surface area contributed by atoms with Gasteiger partial charge >= 0.3 is 0 Å². The SMILES string of the molecule is CC1CCC2(OC1)OC1CC3C4CCC5=CC(=O)CC(O)C5(C)C4CCC3(C)C1C2C. The molecule has 1 N–H and O–H groups in total. The van der Waals surface area contributed by atoms with Gasteiger partial charge in [0.15, 0.2) is 11.6 Å². The summed E-state index contributed by atoms with van der Waals surface area (Å²) in [6, 6.07) is 0. The Balaban J connectivity index is 1.30. The molecular formula is C27H40O4. The molecule has 11 atom stereocenters. The van der Waals surface area contributed by atoms with Crippen LogP contribution >= 0.6 is 0 Å². The smallest absolute Gasteiger partial charge is 0.171 e. The Kier molecular flexibility index (Phi) is 4.49. The molecule has 6 rings (SSSR count). The third kappa shape index (κ3) is 2.62. The molecule has 0 radical (unpaired) electrons. The number of ketones is 1. The summed E-state index contributed by atoms with van der Waals surface area (Å²) in [6.45, 7) is 10.3. The summed E-state index contributed by atoms with van der Waals surface area (Å²) >= 11 is 0. The van der Waals surface area contributed by atoms with Crippen LogP contribution in [0.3, 0.4) is 0 Å². The van der Waals surface area contributed by atoms with Gasteiger partial charge in [-0.1, -0.05) is 33.3 Å². The van der Waals surface area contributed by atoms with E-state index in [1.54, 1.807) is 0 Å². The minimum Gasteiger partial charge on any atom is -0.392 e. The van der Waals surface area contributed by atoms with E-state index in [0.29, 0.717) is 53.4 Å². The van der Waals surface area contributed by atoms with Crippen LogP contribution in [0.4, 0.5) is 0 Å². The maximum absolute atomic E-state index is 12.1. The van der Waals surface area contributed by atoms with Crippen molar-refractivity contribution in [3.63, 3.8) is 0 Å². The number of aliphatic hydroxyl groups excluding tert-OH is 1. The molecule has 3 saturated carbocycles. The highest BCUT2D eigenvalue weighted by molar-refractivity contribution is 5.92. The van der Waals surface area contributed by atoms with E-state index in [1.807, 2.05) is 6.08 Å². The number of fused-ring (bicyclic) bond motifs is 7. The number of aliphatic hydroxyl groups is 1. The largest absolute Gasteiger partial charge is 0.392 e. The second-order valence-electron chi connectivity index (χ2n) is 12.6. The first-order valence-corrected chi connectivity index (χ1v) is 12.9. The van der Waals surface area contributed by atoms with Crippen molar-refractivity contribution >= 4 is 5.78 Å². The summed E-state index contributed by atoms with van der Waals surface area (Å²) in [4.78, 5) is 12.1. The standard InChI is InChI=1S/C27H40O4/c1-15-7-10-27(30-14-15)16(2)24-22(31-27)13-21-19-6-5-17-11-18(28)12-23(29)26(17,4)20(19)8-9-25(21,24)3/h11,15-16,19-24,29H,5-10,12-14H2,1-4H3. The van der Waals surface area contributed by atoms with E-state index < -0.39 is 6.10 Å². The summed E-state index contributed by atoms with van der Waals surface area (Å²) in [7, 11) is 0. The van der Waals surface area contributed by atoms with E-state index >= 15 is 0 Å². The van der Waals surface area contributed by atoms with Gasteiger partial charge in [0, 0.05) is 24.2 Å². The zero-order valence-corrected chi connectivity index (χ0v) is 19.7. The maximum atomic E-state index is 12.1. The van der Waals surface area contributed by atoms with Crippen molar-refractivity contribution in [1.29, 1.82) is 0 Å². The Hall–Kier alpha value is -0.710. The Labute approximate surface area is 187 Å². The number of rotatable bonds is 0. The molecule has 4 nitrogen and oxygen atoms in total. The molecule has 11 unspecified atom stereocenters. The van der Waals surface area contributed by atoms with Crippen LogP contribution in [-0.4, -0.2) is 35.5 Å². The zero-order chi connectivity index (χ0) is 21.8. The third-order valence-electron chi connectivity index (χ3n) is 11.3. The summed E-state index contributed by atoms with van der Waals surface area (Å²) in [6.07, 6.45) is 9.90. The molecule has 0 aromatic rings. The van der Waals surface area contributed by atoms with Gasteiger partial charge in [-0.05, 0) is 79.6 Å². The fraction of sp³-hybridized carbons (Fsp3) is 0.889. The van der Waals surface area contributed by atoms with Crippen molar-refractivity contribution in [2.45, 2.75) is 97.1 Å². The molecule has 2 heterocycles. The highest BCUT2D eigenvalue weighted by Crippen LogP contribution is 2.70. The van der Waals surface area contributed by atoms with Gasteiger partial charge < -0.3 is 14.6 Å². The average Bonchev–Trinajstić information content (AvgIpc) is 3.16. The number of carbonyl (C=O) groups excluding carboxylic acids is 1. The third-order valence-corrected chi connectivity index (χ3v) is 11.3. The molecule has 4 aliphatic carbocycles. The lowest BCUT2D eigenvalue weighted by molar-refractivity contribution is -0.272. The molecule has 5 fully saturated rings. The lowest BCUT2D eigenvalue weighted by Gasteiger charge is -2.59. The van der Waals surface area contributed by atoms with Crippen LogP contribution < -0.4 is 0 Å². The molecule has 1 spiro atoms. The lowest BCUT2D eigenvalue weighted by atomic mass is 9.45. The Bertz CT molecular complexity index is 810. The van der Waals surface area contributed by atoms with Crippen molar-refractivity contribution in [3.8, 4) is 0 Å². The van der Waals surface area contributed by atoms with Crippen LogP contribution in [0.1, 0.15) is 79.1 Å². The molecule has 0 aromatic carbocycles. The Morgan fingerprint density at radius 2 is 1.90 bits per heavy atom. The van der Waals surface area contributed by atoms with Crippen molar-refractivity contribution in [3.05, 3.63) is 11.6 Å². The van der Waals surface area contributed by atoms with E-state index in [1.165, 1.54) is 24.8 Å². The van der Waals surface area contributed by atoms with Crippen LogP contribution in [0.5, 0.6) is 0 Å². The number of hydrogen-bond donors (Lipinski definition) is 1. The van der Waals surface area contributed by atoms with Crippen LogP contribution in [0.25, 0.3) is 0 Å². The van der Waals surface area contributed by atoms with Gasteiger partial charge in [0.1, 0.15) is 0 Å². The van der Waals surface area contributed by atoms with Crippen LogP contribution in [0, 0.1) is 46.3 Å². The predicted octanol–water partition coefficient (Wildman–Crippen LogP) is 4.89. The maximum Gasteiger partial charge on any atom is 0.171 e. The Morgan fingerprint density at radius 3 is 2.65 bits per heavy atom. The normalized spacial score (nSPS) is 58.4. The van der Waals surface area contributed by atoms with Crippen molar-refractivity contribution < 1.29 is 19.4 Å².